The highest BCUT2D eigenvalue weighted by Gasteiger charge is 2.05. The fourth-order valence-corrected chi connectivity index (χ4v) is 3.00. The summed E-state index contributed by atoms with van der Waals surface area (Å²) in [5, 5.41) is 5.80. The van der Waals surface area contributed by atoms with E-state index in [0.717, 1.165) is 22.0 Å². The highest BCUT2D eigenvalue weighted by molar-refractivity contribution is 6.30. The van der Waals surface area contributed by atoms with Crippen molar-refractivity contribution in [2.45, 2.75) is 6.61 Å². The normalized spacial score (nSPS) is 11.1. The van der Waals surface area contributed by atoms with Gasteiger partial charge < -0.3 is 9.72 Å². The minimum Gasteiger partial charge on any atom is -0.489 e. The Labute approximate surface area is 173 Å². The van der Waals surface area contributed by atoms with Gasteiger partial charge in [-0.25, -0.2) is 5.43 Å². The Bertz CT molecular complexity index is 1150. The number of halogens is 1. The number of carbonyl (C=O) groups excluding carboxylic acids is 1. The summed E-state index contributed by atoms with van der Waals surface area (Å²) in [6.07, 6.45) is 3.48. The van der Waals surface area contributed by atoms with Crippen molar-refractivity contribution < 1.29 is 9.53 Å². The first-order valence-corrected chi connectivity index (χ1v) is 9.44. The fraction of sp³-hybridized carbons (Fsp3) is 0.0435. The molecule has 1 aromatic heterocycles. The highest BCUT2D eigenvalue weighted by Crippen LogP contribution is 2.17. The van der Waals surface area contributed by atoms with Crippen LogP contribution in [0, 0.1) is 0 Å². The van der Waals surface area contributed by atoms with Crippen LogP contribution in [0.4, 0.5) is 0 Å². The van der Waals surface area contributed by atoms with Gasteiger partial charge in [0, 0.05) is 33.2 Å². The predicted molar refractivity (Wildman–Crippen MR) is 116 cm³/mol. The van der Waals surface area contributed by atoms with Crippen LogP contribution in [-0.4, -0.2) is 17.1 Å². The van der Waals surface area contributed by atoms with Crippen molar-refractivity contribution in [1.82, 2.24) is 10.4 Å². The maximum atomic E-state index is 12.3. The van der Waals surface area contributed by atoms with Crippen molar-refractivity contribution in [2.24, 2.45) is 5.10 Å². The van der Waals surface area contributed by atoms with Crippen LogP contribution in [0.25, 0.3) is 10.9 Å². The topological polar surface area (TPSA) is 66.5 Å². The van der Waals surface area contributed by atoms with Crippen LogP contribution in [0.5, 0.6) is 5.75 Å². The van der Waals surface area contributed by atoms with E-state index >= 15 is 0 Å². The van der Waals surface area contributed by atoms with Crippen LogP contribution in [0.3, 0.4) is 0 Å². The lowest BCUT2D eigenvalue weighted by Crippen LogP contribution is -2.17. The number of nitrogens with one attached hydrogen (secondary N) is 2. The summed E-state index contributed by atoms with van der Waals surface area (Å²) < 4.78 is 5.73. The van der Waals surface area contributed by atoms with Crippen LogP contribution in [0.1, 0.15) is 21.5 Å². The molecule has 2 N–H and O–H groups in total. The molecular formula is C23H18ClN3O2. The molecule has 4 rings (SSSR count). The van der Waals surface area contributed by atoms with E-state index < -0.39 is 0 Å². The third-order valence-corrected chi connectivity index (χ3v) is 4.68. The molecule has 0 aliphatic carbocycles. The lowest BCUT2D eigenvalue weighted by Gasteiger charge is -2.07. The monoisotopic (exact) mass is 403 g/mol. The number of H-pyrrole nitrogens is 1. The number of benzene rings is 3. The molecule has 0 saturated carbocycles. The average Bonchev–Trinajstić information content (AvgIpc) is 3.17. The molecule has 0 atom stereocenters. The molecule has 5 nitrogen and oxygen atoms in total. The first-order valence-electron chi connectivity index (χ1n) is 9.06. The number of amides is 1. The first kappa shape index (κ1) is 18.8. The van der Waals surface area contributed by atoms with Crippen molar-refractivity contribution in [3.05, 3.63) is 101 Å². The van der Waals surface area contributed by atoms with Crippen LogP contribution >= 0.6 is 11.6 Å². The number of nitrogens with zero attached hydrogens (tertiary/aromatic N) is 1. The third kappa shape index (κ3) is 4.65. The third-order valence-electron chi connectivity index (χ3n) is 4.43. The smallest absolute Gasteiger partial charge is 0.271 e. The maximum Gasteiger partial charge on any atom is 0.271 e. The quantitative estimate of drug-likeness (QED) is 0.344. The second-order valence-corrected chi connectivity index (χ2v) is 6.86. The van der Waals surface area contributed by atoms with Crippen molar-refractivity contribution in [2.75, 3.05) is 0 Å². The molecule has 6 heteroatoms. The molecule has 0 radical (unpaired) electrons. The highest BCUT2D eigenvalue weighted by atomic mass is 35.5. The van der Waals surface area contributed by atoms with E-state index in [9.17, 15) is 4.79 Å². The van der Waals surface area contributed by atoms with Crippen LogP contribution < -0.4 is 10.2 Å². The molecule has 0 aliphatic rings. The number of fused-ring (bicyclic) bond motifs is 1. The Kier molecular flexibility index (Phi) is 5.59. The molecule has 0 aliphatic heterocycles. The number of carbonyl (C=O) groups is 1. The Morgan fingerprint density at radius 1 is 1.03 bits per heavy atom. The van der Waals surface area contributed by atoms with Gasteiger partial charge in [0.2, 0.25) is 0 Å². The Balaban J connectivity index is 1.33. The lowest BCUT2D eigenvalue weighted by molar-refractivity contribution is 0.0955. The number of hydrogen-bond donors (Lipinski definition) is 2. The molecule has 29 heavy (non-hydrogen) atoms. The molecule has 0 unspecified atom stereocenters. The van der Waals surface area contributed by atoms with E-state index in [1.165, 1.54) is 0 Å². The van der Waals surface area contributed by atoms with Crippen molar-refractivity contribution in [1.29, 1.82) is 0 Å². The number of hydrazone groups is 1. The number of aromatic nitrogens is 1. The van der Waals surface area contributed by atoms with E-state index in [1.807, 2.05) is 54.7 Å². The van der Waals surface area contributed by atoms with Crippen LogP contribution in [0.2, 0.25) is 5.02 Å². The molecule has 0 spiro atoms. The van der Waals surface area contributed by atoms with Crippen LogP contribution in [-0.2, 0) is 6.61 Å². The van der Waals surface area contributed by atoms with E-state index in [1.54, 1.807) is 30.5 Å². The van der Waals surface area contributed by atoms with Gasteiger partial charge in [-0.05, 0) is 48.0 Å². The Morgan fingerprint density at radius 2 is 1.79 bits per heavy atom. The molecule has 1 heterocycles. The van der Waals surface area contributed by atoms with Gasteiger partial charge in [0.05, 0.1) is 6.21 Å². The summed E-state index contributed by atoms with van der Waals surface area (Å²) in [5.74, 6) is 0.393. The summed E-state index contributed by atoms with van der Waals surface area (Å²) in [6.45, 7) is 0.428. The molecule has 1 amide bonds. The Hall–Kier alpha value is -3.57. The minimum absolute atomic E-state index is 0.287. The standard InChI is InChI=1S/C23H18ClN3O2/c24-19-9-5-16(6-10-19)15-29-20-11-7-17(8-12-20)23(28)27-26-14-18-13-25-22-4-2-1-3-21(18)22/h1-14,25H,15H2,(H,27,28)/b26-14-. The number of aromatic amines is 1. The fourth-order valence-electron chi connectivity index (χ4n) is 2.88. The van der Waals surface area contributed by atoms with Gasteiger partial charge in [-0.2, -0.15) is 5.10 Å². The first-order chi connectivity index (χ1) is 14.2. The van der Waals surface area contributed by atoms with Gasteiger partial charge in [-0.1, -0.05) is 41.9 Å². The van der Waals surface area contributed by atoms with E-state index in [4.69, 9.17) is 16.3 Å². The number of para-hydroxylation sites is 1. The van der Waals surface area contributed by atoms with E-state index in [2.05, 4.69) is 15.5 Å². The van der Waals surface area contributed by atoms with Crippen LogP contribution in [0.15, 0.2) is 84.1 Å². The largest absolute Gasteiger partial charge is 0.489 e. The minimum atomic E-state index is -0.287. The molecule has 3 aromatic carbocycles. The Morgan fingerprint density at radius 3 is 2.59 bits per heavy atom. The molecular weight excluding hydrogens is 386 g/mol. The zero-order valence-corrected chi connectivity index (χ0v) is 16.2. The molecule has 0 bridgehead atoms. The number of ether oxygens (including phenoxy) is 1. The zero-order valence-electron chi connectivity index (χ0n) is 15.4. The summed E-state index contributed by atoms with van der Waals surface area (Å²) in [6, 6.07) is 22.3. The SMILES string of the molecule is O=C(N/N=C\c1c[nH]c2ccccc12)c1ccc(OCc2ccc(Cl)cc2)cc1. The molecule has 4 aromatic rings. The van der Waals surface area contributed by atoms with Crippen molar-refractivity contribution >= 4 is 34.6 Å². The lowest BCUT2D eigenvalue weighted by atomic mass is 10.2. The van der Waals surface area contributed by atoms with E-state index in [0.29, 0.717) is 22.9 Å². The zero-order chi connectivity index (χ0) is 20.1. The predicted octanol–water partition coefficient (Wildman–Crippen LogP) is 5.16. The van der Waals surface area contributed by atoms with Gasteiger partial charge in [0.1, 0.15) is 12.4 Å². The molecule has 144 valence electrons. The van der Waals surface area contributed by atoms with Gasteiger partial charge >= 0.3 is 0 Å². The second kappa shape index (κ2) is 8.63. The maximum absolute atomic E-state index is 12.3. The van der Waals surface area contributed by atoms with Gasteiger partial charge in [0.25, 0.3) is 5.91 Å². The number of hydrogen-bond acceptors (Lipinski definition) is 3. The molecule has 0 fully saturated rings. The van der Waals surface area contributed by atoms with Gasteiger partial charge in [0.15, 0.2) is 0 Å². The van der Waals surface area contributed by atoms with Crippen molar-refractivity contribution in [3.63, 3.8) is 0 Å². The number of rotatable bonds is 6. The summed E-state index contributed by atoms with van der Waals surface area (Å²) >= 11 is 5.88. The molecule has 0 saturated heterocycles. The summed E-state index contributed by atoms with van der Waals surface area (Å²) in [7, 11) is 0. The average molecular weight is 404 g/mol. The second-order valence-electron chi connectivity index (χ2n) is 6.43. The van der Waals surface area contributed by atoms with E-state index in [-0.39, 0.29) is 5.91 Å². The van der Waals surface area contributed by atoms with Gasteiger partial charge in [-0.3, -0.25) is 4.79 Å². The summed E-state index contributed by atoms with van der Waals surface area (Å²) in [4.78, 5) is 15.4. The van der Waals surface area contributed by atoms with Gasteiger partial charge in [-0.15, -0.1) is 0 Å². The summed E-state index contributed by atoms with van der Waals surface area (Å²) in [5.41, 5.74) is 6.00. The van der Waals surface area contributed by atoms with Crippen molar-refractivity contribution in [3.8, 4) is 5.75 Å².